The molecule has 0 unspecified atom stereocenters. The van der Waals surface area contributed by atoms with E-state index in [2.05, 4.69) is 20.3 Å². The third kappa shape index (κ3) is 3.71. The molecular weight excluding hydrogens is 430 g/mol. The van der Waals surface area contributed by atoms with E-state index in [0.29, 0.717) is 23.7 Å². The third-order valence-corrected chi connectivity index (χ3v) is 6.26. The van der Waals surface area contributed by atoms with Crippen molar-refractivity contribution in [3.63, 3.8) is 0 Å². The highest BCUT2D eigenvalue weighted by Crippen LogP contribution is 2.38. The van der Waals surface area contributed by atoms with Gasteiger partial charge in [0.1, 0.15) is 22.6 Å². The first-order valence-corrected chi connectivity index (χ1v) is 10.9. The fraction of sp³-hybridized carbons (Fsp3) is 0.273. The summed E-state index contributed by atoms with van der Waals surface area (Å²) in [6.45, 7) is 2.32. The molecular formula is C22H23N5O4S. The Balaban J connectivity index is 1.42. The molecule has 3 heterocycles. The summed E-state index contributed by atoms with van der Waals surface area (Å²) in [6.07, 6.45) is 1.92. The minimum absolute atomic E-state index is 0.572. The topological polar surface area (TPSA) is 95.6 Å². The zero-order chi connectivity index (χ0) is 22.1. The second-order valence-corrected chi connectivity index (χ2v) is 8.15. The van der Waals surface area contributed by atoms with E-state index in [-0.39, 0.29) is 0 Å². The Morgan fingerprint density at radius 1 is 1.09 bits per heavy atom. The number of benzene rings is 2. The molecule has 1 aliphatic rings. The number of anilines is 1. The average Bonchev–Trinajstić information content (AvgIpc) is 3.54. The molecule has 2 N–H and O–H groups in total. The van der Waals surface area contributed by atoms with Crippen LogP contribution in [0.5, 0.6) is 17.2 Å². The molecule has 2 aromatic carbocycles. The number of nitrogens with one attached hydrogen (secondary N) is 2. The molecule has 0 bridgehead atoms. The predicted molar refractivity (Wildman–Crippen MR) is 121 cm³/mol. The minimum Gasteiger partial charge on any atom is -0.497 e. The van der Waals surface area contributed by atoms with E-state index >= 15 is 0 Å². The summed E-state index contributed by atoms with van der Waals surface area (Å²) in [6, 6.07) is 9.58. The Labute approximate surface area is 189 Å². The molecule has 0 spiro atoms. The lowest BCUT2D eigenvalue weighted by Crippen LogP contribution is -2.09. The molecule has 0 atom stereocenters. The first-order valence-electron chi connectivity index (χ1n) is 10.1. The van der Waals surface area contributed by atoms with Gasteiger partial charge >= 0.3 is 0 Å². The number of nitrogens with zero attached hydrogens (tertiary/aromatic N) is 3. The van der Waals surface area contributed by atoms with Crippen molar-refractivity contribution in [3.8, 4) is 17.2 Å². The molecule has 0 saturated carbocycles. The molecule has 0 saturated heterocycles. The first-order chi connectivity index (χ1) is 15.7. The maximum atomic E-state index is 5.68. The molecule has 10 heteroatoms. The van der Waals surface area contributed by atoms with Crippen molar-refractivity contribution in [3.05, 3.63) is 53.3 Å². The van der Waals surface area contributed by atoms with Gasteiger partial charge in [-0.2, -0.15) is 5.10 Å². The van der Waals surface area contributed by atoms with Crippen LogP contribution in [-0.2, 0) is 19.6 Å². The van der Waals surface area contributed by atoms with Crippen molar-refractivity contribution in [1.29, 1.82) is 0 Å². The molecule has 4 aromatic rings. The van der Waals surface area contributed by atoms with Crippen LogP contribution in [0.4, 0.5) is 5.82 Å². The van der Waals surface area contributed by atoms with Crippen LogP contribution in [0.1, 0.15) is 16.8 Å². The van der Waals surface area contributed by atoms with E-state index in [0.717, 1.165) is 40.4 Å². The Morgan fingerprint density at radius 3 is 2.78 bits per heavy atom. The van der Waals surface area contributed by atoms with Crippen LogP contribution in [0.2, 0.25) is 0 Å². The summed E-state index contributed by atoms with van der Waals surface area (Å²) < 4.78 is 27.3. The molecule has 0 aliphatic carbocycles. The molecule has 0 fully saturated rings. The highest BCUT2D eigenvalue weighted by molar-refractivity contribution is 8.00. The maximum absolute atomic E-state index is 5.68. The molecule has 0 amide bonds. The number of methoxy groups -OCH3 is 3. The molecule has 9 nitrogen and oxygen atoms in total. The number of hydrogen-bond acceptors (Lipinski definition) is 9. The van der Waals surface area contributed by atoms with E-state index in [1.54, 1.807) is 21.3 Å². The third-order valence-electron chi connectivity index (χ3n) is 5.42. The lowest BCUT2D eigenvalue weighted by atomic mass is 10.1. The van der Waals surface area contributed by atoms with Gasteiger partial charge in [0, 0.05) is 18.7 Å². The van der Waals surface area contributed by atoms with Gasteiger partial charge in [-0.15, -0.1) is 0 Å². The van der Waals surface area contributed by atoms with Gasteiger partial charge in [0.25, 0.3) is 0 Å². The predicted octanol–water partition coefficient (Wildman–Crippen LogP) is 3.82. The second kappa shape index (κ2) is 8.64. The molecule has 2 aromatic heterocycles. The fourth-order valence-corrected chi connectivity index (χ4v) is 4.58. The van der Waals surface area contributed by atoms with Crippen molar-refractivity contribution >= 4 is 28.7 Å². The Hall–Kier alpha value is -3.37. The molecule has 0 radical (unpaired) electrons. The monoisotopic (exact) mass is 453 g/mol. The quantitative estimate of drug-likeness (QED) is 0.386. The number of aromatic nitrogens is 3. The summed E-state index contributed by atoms with van der Waals surface area (Å²) in [5, 5.41) is 12.9. The molecule has 5 rings (SSSR count). The van der Waals surface area contributed by atoms with E-state index in [1.165, 1.54) is 23.2 Å². The highest BCUT2D eigenvalue weighted by atomic mass is 32.2. The summed E-state index contributed by atoms with van der Waals surface area (Å²) in [7, 11) is 4.90. The molecule has 32 heavy (non-hydrogen) atoms. The number of fused-ring (bicyclic) bond motifs is 2. The van der Waals surface area contributed by atoms with E-state index in [4.69, 9.17) is 18.7 Å². The van der Waals surface area contributed by atoms with Crippen LogP contribution in [0.15, 0.2) is 45.9 Å². The average molecular weight is 454 g/mol. The zero-order valence-electron chi connectivity index (χ0n) is 18.0. The lowest BCUT2D eigenvalue weighted by molar-refractivity contribution is 0.394. The number of ether oxygens (including phenoxy) is 3. The number of hydrogen-bond donors (Lipinski definition) is 2. The summed E-state index contributed by atoms with van der Waals surface area (Å²) in [5.41, 5.74) is 4.13. The smallest absolute Gasteiger partial charge is 0.191 e. The van der Waals surface area contributed by atoms with Gasteiger partial charge in [-0.3, -0.25) is 4.68 Å². The van der Waals surface area contributed by atoms with E-state index < -0.39 is 0 Å². The van der Waals surface area contributed by atoms with Gasteiger partial charge < -0.3 is 28.8 Å². The van der Waals surface area contributed by atoms with Gasteiger partial charge in [0.15, 0.2) is 11.4 Å². The Morgan fingerprint density at radius 2 is 1.97 bits per heavy atom. The van der Waals surface area contributed by atoms with Crippen LogP contribution in [0.25, 0.3) is 11.0 Å². The summed E-state index contributed by atoms with van der Waals surface area (Å²) in [5.74, 6) is 2.72. The fourth-order valence-electron chi connectivity index (χ4n) is 3.81. The maximum Gasteiger partial charge on any atom is 0.191 e. The van der Waals surface area contributed by atoms with Crippen LogP contribution in [0.3, 0.4) is 0 Å². The first kappa shape index (κ1) is 20.5. The Kier molecular flexibility index (Phi) is 5.54. The van der Waals surface area contributed by atoms with Gasteiger partial charge in [0.2, 0.25) is 0 Å². The van der Waals surface area contributed by atoms with E-state index in [1.807, 2.05) is 41.2 Å². The van der Waals surface area contributed by atoms with Crippen LogP contribution in [-0.4, -0.2) is 36.3 Å². The highest BCUT2D eigenvalue weighted by Gasteiger charge is 2.19. The van der Waals surface area contributed by atoms with Crippen molar-refractivity contribution in [2.24, 2.45) is 0 Å². The number of rotatable bonds is 8. The van der Waals surface area contributed by atoms with Crippen LogP contribution < -0.4 is 24.2 Å². The lowest BCUT2D eigenvalue weighted by Gasteiger charge is -2.11. The van der Waals surface area contributed by atoms with E-state index in [9.17, 15) is 0 Å². The van der Waals surface area contributed by atoms with Gasteiger partial charge in [-0.1, -0.05) is 5.16 Å². The Bertz CT molecular complexity index is 1270. The van der Waals surface area contributed by atoms with Crippen molar-refractivity contribution in [2.45, 2.75) is 24.5 Å². The normalized spacial score (nSPS) is 12.7. The minimum atomic E-state index is 0.572. The standard InChI is InChI=1S/C22H23N5O4S/c1-28-15-4-5-17(29-2)20(8-15)32-26-22-21-18(30-3)6-13(7-19(21)31-25-22)12-27-16-11-23-9-14(16)10-24-27/h4-8,10,23H,9,11-12H2,1-3H3,(H,25,26). The van der Waals surface area contributed by atoms with Crippen molar-refractivity contribution < 1.29 is 18.7 Å². The summed E-state index contributed by atoms with van der Waals surface area (Å²) >= 11 is 1.36. The van der Waals surface area contributed by atoms with Gasteiger partial charge in [-0.05, 0) is 47.8 Å². The second-order valence-electron chi connectivity index (χ2n) is 7.30. The van der Waals surface area contributed by atoms with Crippen LogP contribution in [0, 0.1) is 0 Å². The summed E-state index contributed by atoms with van der Waals surface area (Å²) in [4.78, 5) is 0.861. The van der Waals surface area contributed by atoms with Crippen molar-refractivity contribution in [2.75, 3.05) is 26.1 Å². The van der Waals surface area contributed by atoms with Gasteiger partial charge in [-0.25, -0.2) is 0 Å². The van der Waals surface area contributed by atoms with Crippen molar-refractivity contribution in [1.82, 2.24) is 20.3 Å². The SMILES string of the molecule is COc1ccc(OC)c(SNc2noc3cc(Cn4ncc5c4CNC5)cc(OC)c23)c1. The molecule has 1 aliphatic heterocycles. The largest absolute Gasteiger partial charge is 0.497 e. The zero-order valence-corrected chi connectivity index (χ0v) is 18.8. The molecule has 166 valence electrons. The van der Waals surface area contributed by atoms with Gasteiger partial charge in [0.05, 0.1) is 44.7 Å². The van der Waals surface area contributed by atoms with Crippen LogP contribution >= 0.6 is 11.9 Å².